The molecular formula is C14H20N4. The van der Waals surface area contributed by atoms with E-state index in [1.807, 2.05) is 6.92 Å². The lowest BCUT2D eigenvalue weighted by molar-refractivity contribution is 0.975. The Morgan fingerprint density at radius 3 is 2.61 bits per heavy atom. The van der Waals surface area contributed by atoms with Crippen molar-refractivity contribution >= 4 is 22.5 Å². The second kappa shape index (κ2) is 4.80. The number of fused-ring (bicyclic) bond motifs is 1. The first-order chi connectivity index (χ1) is 8.54. The fourth-order valence-corrected chi connectivity index (χ4v) is 2.41. The molecule has 1 aromatic heterocycles. The highest BCUT2D eigenvalue weighted by Crippen LogP contribution is 2.30. The van der Waals surface area contributed by atoms with E-state index in [9.17, 15) is 0 Å². The van der Waals surface area contributed by atoms with Crippen molar-refractivity contribution in [3.8, 4) is 0 Å². The van der Waals surface area contributed by atoms with Crippen molar-refractivity contribution in [2.24, 2.45) is 0 Å². The van der Waals surface area contributed by atoms with Crippen LogP contribution in [0.5, 0.6) is 0 Å². The summed E-state index contributed by atoms with van der Waals surface area (Å²) in [5, 5.41) is 4.58. The normalized spacial score (nSPS) is 10.9. The number of anilines is 2. The number of benzene rings is 1. The van der Waals surface area contributed by atoms with Crippen molar-refractivity contribution in [1.82, 2.24) is 9.97 Å². The average Bonchev–Trinajstić information content (AvgIpc) is 2.27. The van der Waals surface area contributed by atoms with E-state index in [2.05, 4.69) is 42.1 Å². The molecule has 1 aromatic carbocycles. The lowest BCUT2D eigenvalue weighted by Crippen LogP contribution is -2.06. The molecule has 2 aromatic rings. The number of hydrogen-bond acceptors (Lipinski definition) is 4. The topological polar surface area (TPSA) is 63.8 Å². The Morgan fingerprint density at radius 2 is 1.94 bits per heavy atom. The first-order valence-corrected chi connectivity index (χ1v) is 6.32. The fourth-order valence-electron chi connectivity index (χ4n) is 2.41. The van der Waals surface area contributed by atoms with Gasteiger partial charge in [0.05, 0.1) is 11.2 Å². The third kappa shape index (κ3) is 2.10. The molecule has 0 bridgehead atoms. The van der Waals surface area contributed by atoms with Gasteiger partial charge in [-0.3, -0.25) is 0 Å². The Kier molecular flexibility index (Phi) is 3.36. The quantitative estimate of drug-likeness (QED) is 0.871. The number of nitrogens with two attached hydrogens (primary N) is 1. The van der Waals surface area contributed by atoms with Crippen LogP contribution in [-0.4, -0.2) is 16.5 Å². The summed E-state index contributed by atoms with van der Waals surface area (Å²) in [5.74, 6) is 0.341. The van der Waals surface area contributed by atoms with E-state index in [1.54, 1.807) is 0 Å². The molecule has 0 saturated carbocycles. The molecule has 96 valence electrons. The molecule has 0 aliphatic rings. The fraction of sp³-hybridized carbons (Fsp3) is 0.429. The van der Waals surface area contributed by atoms with Crippen molar-refractivity contribution in [3.63, 3.8) is 0 Å². The summed E-state index contributed by atoms with van der Waals surface area (Å²) in [7, 11) is 0. The lowest BCUT2D eigenvalue weighted by atomic mass is 10.0. The Balaban J connectivity index is 2.68. The van der Waals surface area contributed by atoms with Gasteiger partial charge in [-0.25, -0.2) is 9.97 Å². The van der Waals surface area contributed by atoms with Gasteiger partial charge in [-0.2, -0.15) is 0 Å². The van der Waals surface area contributed by atoms with Crippen LogP contribution in [0, 0.1) is 20.8 Å². The first kappa shape index (κ1) is 12.6. The van der Waals surface area contributed by atoms with Crippen LogP contribution in [0.2, 0.25) is 0 Å². The third-order valence-electron chi connectivity index (χ3n) is 3.18. The summed E-state index contributed by atoms with van der Waals surface area (Å²) in [6, 6.07) is 2.07. The molecule has 18 heavy (non-hydrogen) atoms. The van der Waals surface area contributed by atoms with Gasteiger partial charge in [0.15, 0.2) is 0 Å². The largest absolute Gasteiger partial charge is 0.385 e. The smallest absolute Gasteiger partial charge is 0.220 e. The average molecular weight is 244 g/mol. The summed E-state index contributed by atoms with van der Waals surface area (Å²) >= 11 is 0. The predicted molar refractivity (Wildman–Crippen MR) is 76.9 cm³/mol. The minimum absolute atomic E-state index is 0.341. The van der Waals surface area contributed by atoms with Crippen LogP contribution in [-0.2, 0) is 0 Å². The Hall–Kier alpha value is -1.84. The summed E-state index contributed by atoms with van der Waals surface area (Å²) < 4.78 is 0. The Labute approximate surface area is 108 Å². The van der Waals surface area contributed by atoms with Gasteiger partial charge in [-0.05, 0) is 44.4 Å². The van der Waals surface area contributed by atoms with Crippen LogP contribution in [0.4, 0.5) is 11.6 Å². The van der Waals surface area contributed by atoms with Crippen LogP contribution in [0.3, 0.4) is 0 Å². The predicted octanol–water partition coefficient (Wildman–Crippen LogP) is 2.96. The number of nitrogen functional groups attached to an aromatic ring is 1. The summed E-state index contributed by atoms with van der Waals surface area (Å²) in [5.41, 5.74) is 11.2. The maximum atomic E-state index is 5.71. The second-order valence-electron chi connectivity index (χ2n) is 4.68. The van der Waals surface area contributed by atoms with E-state index >= 15 is 0 Å². The summed E-state index contributed by atoms with van der Waals surface area (Å²) in [4.78, 5) is 8.57. The molecule has 0 amide bonds. The van der Waals surface area contributed by atoms with E-state index in [0.29, 0.717) is 5.95 Å². The number of hydrogen-bond donors (Lipinski definition) is 2. The zero-order valence-electron chi connectivity index (χ0n) is 11.5. The molecule has 0 spiro atoms. The van der Waals surface area contributed by atoms with Crippen molar-refractivity contribution in [2.45, 2.75) is 34.1 Å². The minimum Gasteiger partial charge on any atom is -0.385 e. The molecule has 0 fully saturated rings. The highest BCUT2D eigenvalue weighted by molar-refractivity contribution is 5.91. The zero-order valence-corrected chi connectivity index (χ0v) is 11.5. The van der Waals surface area contributed by atoms with Crippen LogP contribution >= 0.6 is 0 Å². The van der Waals surface area contributed by atoms with Gasteiger partial charge in [0.25, 0.3) is 0 Å². The minimum atomic E-state index is 0.341. The molecule has 0 aliphatic heterocycles. The lowest BCUT2D eigenvalue weighted by Gasteiger charge is -2.15. The number of nitrogens with zero attached hydrogens (tertiary/aromatic N) is 2. The first-order valence-electron chi connectivity index (χ1n) is 6.32. The zero-order chi connectivity index (χ0) is 13.3. The van der Waals surface area contributed by atoms with Crippen LogP contribution < -0.4 is 11.1 Å². The monoisotopic (exact) mass is 244 g/mol. The maximum absolute atomic E-state index is 5.71. The highest BCUT2D eigenvalue weighted by Gasteiger charge is 2.11. The maximum Gasteiger partial charge on any atom is 0.220 e. The van der Waals surface area contributed by atoms with Gasteiger partial charge in [0, 0.05) is 17.6 Å². The van der Waals surface area contributed by atoms with E-state index in [0.717, 1.165) is 29.6 Å². The number of nitrogens with one attached hydrogen (secondary N) is 1. The standard InChI is InChI=1S/C14H20N4/c1-5-6-16-13-8(2)7-11-12(9(13)3)10(4)17-14(15)18-11/h7,16H,5-6H2,1-4H3,(H2,15,17,18). The van der Waals surface area contributed by atoms with E-state index in [-0.39, 0.29) is 0 Å². The van der Waals surface area contributed by atoms with Gasteiger partial charge in [0.2, 0.25) is 5.95 Å². The van der Waals surface area contributed by atoms with Crippen molar-refractivity contribution < 1.29 is 0 Å². The third-order valence-corrected chi connectivity index (χ3v) is 3.18. The van der Waals surface area contributed by atoms with Gasteiger partial charge in [-0.15, -0.1) is 0 Å². The van der Waals surface area contributed by atoms with Crippen LogP contribution in [0.1, 0.15) is 30.2 Å². The molecular weight excluding hydrogens is 224 g/mol. The molecule has 4 heteroatoms. The van der Waals surface area contributed by atoms with Crippen molar-refractivity contribution in [2.75, 3.05) is 17.6 Å². The van der Waals surface area contributed by atoms with E-state index < -0.39 is 0 Å². The van der Waals surface area contributed by atoms with Crippen LogP contribution in [0.25, 0.3) is 10.9 Å². The number of rotatable bonds is 3. The van der Waals surface area contributed by atoms with Crippen LogP contribution in [0.15, 0.2) is 6.07 Å². The molecule has 0 radical (unpaired) electrons. The SMILES string of the molecule is CCCNc1c(C)cc2nc(N)nc(C)c2c1C. The van der Waals surface area contributed by atoms with Crippen molar-refractivity contribution in [1.29, 1.82) is 0 Å². The van der Waals surface area contributed by atoms with Gasteiger partial charge in [-0.1, -0.05) is 6.92 Å². The molecule has 0 atom stereocenters. The second-order valence-corrected chi connectivity index (χ2v) is 4.68. The highest BCUT2D eigenvalue weighted by atomic mass is 15.0. The van der Waals surface area contributed by atoms with E-state index in [1.165, 1.54) is 16.8 Å². The van der Waals surface area contributed by atoms with Crippen molar-refractivity contribution in [3.05, 3.63) is 22.9 Å². The molecule has 0 aliphatic carbocycles. The van der Waals surface area contributed by atoms with Gasteiger partial charge in [0.1, 0.15) is 0 Å². The summed E-state index contributed by atoms with van der Waals surface area (Å²) in [6.45, 7) is 9.32. The molecule has 0 saturated heterocycles. The molecule has 4 nitrogen and oxygen atoms in total. The van der Waals surface area contributed by atoms with E-state index in [4.69, 9.17) is 5.73 Å². The Morgan fingerprint density at radius 1 is 1.22 bits per heavy atom. The van der Waals surface area contributed by atoms with Gasteiger partial charge < -0.3 is 11.1 Å². The number of aromatic nitrogens is 2. The summed E-state index contributed by atoms with van der Waals surface area (Å²) in [6.07, 6.45) is 1.11. The van der Waals surface area contributed by atoms with Gasteiger partial charge >= 0.3 is 0 Å². The Bertz CT molecular complexity index is 590. The molecule has 0 unspecified atom stereocenters. The molecule has 2 rings (SSSR count). The number of aryl methyl sites for hydroxylation is 3. The molecule has 3 N–H and O–H groups in total. The molecule has 1 heterocycles.